The highest BCUT2D eigenvalue weighted by atomic mass is 16.4. The van der Waals surface area contributed by atoms with Crippen LogP contribution in [0.5, 0.6) is 0 Å². The van der Waals surface area contributed by atoms with Gasteiger partial charge in [0, 0.05) is 12.2 Å². The van der Waals surface area contributed by atoms with E-state index in [0.717, 1.165) is 11.3 Å². The Morgan fingerprint density at radius 3 is 2.39 bits per heavy atom. The second kappa shape index (κ2) is 4.87. The molecule has 0 spiro atoms. The fraction of sp³-hybridized carbons (Fsp3) is 0.143. The summed E-state index contributed by atoms with van der Waals surface area (Å²) in [7, 11) is 0. The molecule has 2 rings (SSSR count). The van der Waals surface area contributed by atoms with Gasteiger partial charge < -0.3 is 9.67 Å². The summed E-state index contributed by atoms with van der Waals surface area (Å²) in [4.78, 5) is 22.3. The van der Waals surface area contributed by atoms with Crippen LogP contribution < -0.4 is 0 Å². The first-order chi connectivity index (χ1) is 8.59. The molecule has 92 valence electrons. The third-order valence-corrected chi connectivity index (χ3v) is 2.81. The average molecular weight is 243 g/mol. The van der Waals surface area contributed by atoms with Crippen LogP contribution in [0, 0.1) is 6.92 Å². The van der Waals surface area contributed by atoms with Gasteiger partial charge in [0.2, 0.25) is 0 Å². The zero-order chi connectivity index (χ0) is 13.1. The van der Waals surface area contributed by atoms with Crippen molar-refractivity contribution in [2.45, 2.75) is 13.5 Å². The summed E-state index contributed by atoms with van der Waals surface area (Å²) >= 11 is 0. The van der Waals surface area contributed by atoms with Crippen LogP contribution in [0.3, 0.4) is 0 Å². The lowest BCUT2D eigenvalue weighted by molar-refractivity contribution is -0.131. The van der Waals surface area contributed by atoms with E-state index < -0.39 is 11.8 Å². The zero-order valence-corrected chi connectivity index (χ0v) is 9.96. The molecule has 2 aromatic rings. The van der Waals surface area contributed by atoms with Gasteiger partial charge in [-0.25, -0.2) is 4.79 Å². The van der Waals surface area contributed by atoms with Crippen molar-refractivity contribution >= 4 is 11.8 Å². The maximum Gasteiger partial charge on any atom is 0.378 e. The van der Waals surface area contributed by atoms with Gasteiger partial charge in [0.15, 0.2) is 0 Å². The van der Waals surface area contributed by atoms with Crippen molar-refractivity contribution in [1.29, 1.82) is 0 Å². The Morgan fingerprint density at radius 1 is 1.11 bits per heavy atom. The summed E-state index contributed by atoms with van der Waals surface area (Å²) in [6.07, 6.45) is 0. The quantitative estimate of drug-likeness (QED) is 0.661. The lowest BCUT2D eigenvalue weighted by atomic mass is 10.2. The predicted molar refractivity (Wildman–Crippen MR) is 66.7 cm³/mol. The van der Waals surface area contributed by atoms with E-state index in [4.69, 9.17) is 5.11 Å². The normalized spacial score (nSPS) is 10.3. The van der Waals surface area contributed by atoms with E-state index >= 15 is 0 Å². The lowest BCUT2D eigenvalue weighted by Gasteiger charge is -2.09. The molecule has 0 aliphatic carbocycles. The lowest BCUT2D eigenvalue weighted by Crippen LogP contribution is -2.18. The topological polar surface area (TPSA) is 59.3 Å². The number of carbonyl (C=O) groups excluding carboxylic acids is 1. The molecule has 0 saturated heterocycles. The molecule has 1 aromatic carbocycles. The van der Waals surface area contributed by atoms with E-state index in [9.17, 15) is 9.59 Å². The van der Waals surface area contributed by atoms with E-state index in [1.807, 2.05) is 37.3 Å². The number of ketones is 1. The van der Waals surface area contributed by atoms with Gasteiger partial charge in [0.25, 0.3) is 5.78 Å². The molecule has 0 amide bonds. The Balaban J connectivity index is 2.36. The largest absolute Gasteiger partial charge is 0.475 e. The summed E-state index contributed by atoms with van der Waals surface area (Å²) in [5.74, 6) is -2.30. The Kier molecular flexibility index (Phi) is 3.28. The molecule has 1 aromatic heterocycles. The van der Waals surface area contributed by atoms with E-state index in [2.05, 4.69) is 0 Å². The predicted octanol–water partition coefficient (Wildman–Crippen LogP) is 2.11. The van der Waals surface area contributed by atoms with Gasteiger partial charge in [0.05, 0.1) is 5.69 Å². The van der Waals surface area contributed by atoms with Gasteiger partial charge >= 0.3 is 5.97 Å². The van der Waals surface area contributed by atoms with Crippen molar-refractivity contribution in [3.05, 3.63) is 59.4 Å². The highest BCUT2D eigenvalue weighted by molar-refractivity contribution is 6.39. The van der Waals surface area contributed by atoms with E-state index in [-0.39, 0.29) is 5.69 Å². The molecule has 0 aliphatic rings. The Hall–Kier alpha value is -2.36. The number of carbonyl (C=O) groups is 2. The van der Waals surface area contributed by atoms with Gasteiger partial charge in [-0.1, -0.05) is 30.3 Å². The van der Waals surface area contributed by atoms with Crippen LogP contribution in [0.15, 0.2) is 42.5 Å². The number of carboxylic acid groups (broad SMARTS) is 1. The number of Topliss-reactive ketones (excluding diaryl/α,β-unsaturated/α-hetero) is 1. The van der Waals surface area contributed by atoms with Crippen molar-refractivity contribution in [2.24, 2.45) is 0 Å². The fourth-order valence-electron chi connectivity index (χ4n) is 1.85. The maximum absolute atomic E-state index is 11.5. The molecule has 4 heteroatoms. The second-order valence-electron chi connectivity index (χ2n) is 4.07. The van der Waals surface area contributed by atoms with Crippen molar-refractivity contribution in [2.75, 3.05) is 0 Å². The highest BCUT2D eigenvalue weighted by Gasteiger charge is 2.19. The summed E-state index contributed by atoms with van der Waals surface area (Å²) in [6.45, 7) is 2.34. The third kappa shape index (κ3) is 2.32. The number of hydrogen-bond donors (Lipinski definition) is 1. The van der Waals surface area contributed by atoms with Gasteiger partial charge in [-0.15, -0.1) is 0 Å². The van der Waals surface area contributed by atoms with Crippen molar-refractivity contribution < 1.29 is 14.7 Å². The van der Waals surface area contributed by atoms with Gasteiger partial charge in [-0.3, -0.25) is 4.79 Å². The first-order valence-corrected chi connectivity index (χ1v) is 5.57. The molecular weight excluding hydrogens is 230 g/mol. The van der Waals surface area contributed by atoms with Crippen LogP contribution in [0.2, 0.25) is 0 Å². The van der Waals surface area contributed by atoms with E-state index in [1.165, 1.54) is 0 Å². The molecule has 4 nitrogen and oxygen atoms in total. The monoisotopic (exact) mass is 243 g/mol. The molecule has 18 heavy (non-hydrogen) atoms. The highest BCUT2D eigenvalue weighted by Crippen LogP contribution is 2.13. The third-order valence-electron chi connectivity index (χ3n) is 2.81. The Labute approximate surface area is 104 Å². The number of hydrogen-bond acceptors (Lipinski definition) is 2. The smallest absolute Gasteiger partial charge is 0.378 e. The van der Waals surface area contributed by atoms with Gasteiger partial charge in [-0.2, -0.15) is 0 Å². The SMILES string of the molecule is Cc1ccc(C(=O)C(=O)O)n1Cc1ccccc1. The molecule has 0 atom stereocenters. The number of aromatic nitrogens is 1. The molecule has 0 unspecified atom stereocenters. The average Bonchev–Trinajstić information content (AvgIpc) is 2.71. The number of aliphatic carboxylic acids is 1. The van der Waals surface area contributed by atoms with Crippen molar-refractivity contribution in [1.82, 2.24) is 4.57 Å². The molecule has 0 fully saturated rings. The Morgan fingerprint density at radius 2 is 1.78 bits per heavy atom. The van der Waals surface area contributed by atoms with E-state index in [1.54, 1.807) is 16.7 Å². The summed E-state index contributed by atoms with van der Waals surface area (Å²) in [5.41, 5.74) is 2.10. The van der Waals surface area contributed by atoms with Crippen molar-refractivity contribution in [3.8, 4) is 0 Å². The standard InChI is InChI=1S/C14H13NO3/c1-10-7-8-12(13(16)14(17)18)15(10)9-11-5-3-2-4-6-11/h2-8H,9H2,1H3,(H,17,18). The molecule has 0 saturated carbocycles. The van der Waals surface area contributed by atoms with Gasteiger partial charge in [0.1, 0.15) is 0 Å². The van der Waals surface area contributed by atoms with Crippen LogP contribution in [0.4, 0.5) is 0 Å². The minimum Gasteiger partial charge on any atom is -0.475 e. The fourth-order valence-corrected chi connectivity index (χ4v) is 1.85. The minimum absolute atomic E-state index is 0.212. The van der Waals surface area contributed by atoms with Crippen LogP contribution in [0.25, 0.3) is 0 Å². The number of benzene rings is 1. The summed E-state index contributed by atoms with van der Waals surface area (Å²) < 4.78 is 1.71. The van der Waals surface area contributed by atoms with Gasteiger partial charge in [-0.05, 0) is 24.6 Å². The molecule has 0 bridgehead atoms. The number of nitrogens with zero attached hydrogens (tertiary/aromatic N) is 1. The Bertz CT molecular complexity index is 584. The molecule has 0 radical (unpaired) electrons. The summed E-state index contributed by atoms with van der Waals surface area (Å²) in [5, 5.41) is 8.77. The van der Waals surface area contributed by atoms with Crippen LogP contribution in [0.1, 0.15) is 21.7 Å². The molecule has 0 aliphatic heterocycles. The number of aryl methyl sites for hydroxylation is 1. The van der Waals surface area contributed by atoms with Crippen LogP contribution >= 0.6 is 0 Å². The first kappa shape index (κ1) is 12.1. The second-order valence-corrected chi connectivity index (χ2v) is 4.07. The summed E-state index contributed by atoms with van der Waals surface area (Å²) in [6, 6.07) is 12.9. The minimum atomic E-state index is -1.43. The maximum atomic E-state index is 11.5. The molecule has 1 heterocycles. The first-order valence-electron chi connectivity index (χ1n) is 5.57. The van der Waals surface area contributed by atoms with E-state index in [0.29, 0.717) is 6.54 Å². The van der Waals surface area contributed by atoms with Crippen LogP contribution in [-0.4, -0.2) is 21.4 Å². The number of carboxylic acids is 1. The van der Waals surface area contributed by atoms with Crippen LogP contribution in [-0.2, 0) is 11.3 Å². The zero-order valence-electron chi connectivity index (χ0n) is 9.96. The molecule has 1 N–H and O–H groups in total. The van der Waals surface area contributed by atoms with Crippen molar-refractivity contribution in [3.63, 3.8) is 0 Å². The molecular formula is C14H13NO3. The number of rotatable bonds is 4.